The topological polar surface area (TPSA) is 88.9 Å². The molecule has 0 aliphatic rings. The van der Waals surface area contributed by atoms with Crippen LogP contribution < -0.4 is 14.5 Å². The second-order valence-corrected chi connectivity index (χ2v) is 10.3. The van der Waals surface area contributed by atoms with Crippen molar-refractivity contribution < 1.29 is 23.9 Å². The maximum atomic E-state index is 13.6. The molecule has 3 aromatic carbocycles. The summed E-state index contributed by atoms with van der Waals surface area (Å²) >= 11 is 0. The molecule has 0 aliphatic heterocycles. The number of carbonyl (C=O) groups excluding carboxylic acids is 4. The maximum Gasteiger partial charge on any atom is 0.308 e. The Balaban J connectivity index is 1.51. The van der Waals surface area contributed by atoms with Crippen LogP contribution in [0.1, 0.15) is 62.0 Å². The lowest BCUT2D eigenvalue weighted by Gasteiger charge is -2.22. The number of aromatic nitrogens is 1. The smallest absolute Gasteiger partial charge is 0.308 e. The van der Waals surface area contributed by atoms with Crippen LogP contribution in [0.2, 0.25) is 0 Å². The molecule has 2 amide bonds. The van der Waals surface area contributed by atoms with Crippen LogP contribution in [0.15, 0.2) is 78.9 Å². The highest BCUT2D eigenvalue weighted by Gasteiger charge is 2.26. The summed E-state index contributed by atoms with van der Waals surface area (Å²) in [6.07, 6.45) is 3.63. The van der Waals surface area contributed by atoms with E-state index >= 15 is 0 Å². The van der Waals surface area contributed by atoms with E-state index in [0.717, 1.165) is 31.4 Å². The van der Waals surface area contributed by atoms with E-state index in [4.69, 9.17) is 4.74 Å². The van der Waals surface area contributed by atoms with Gasteiger partial charge in [-0.05, 0) is 62.2 Å². The summed E-state index contributed by atoms with van der Waals surface area (Å²) in [5, 5.41) is 0.653. The Morgan fingerprint density at radius 2 is 1.45 bits per heavy atom. The Bertz CT molecular complexity index is 1580. The Hall–Kier alpha value is -4.72. The molecule has 8 heteroatoms. The molecule has 0 unspecified atom stereocenters. The van der Waals surface area contributed by atoms with Gasteiger partial charge in [0.05, 0.1) is 11.2 Å². The number of rotatable bonds is 11. The second-order valence-electron chi connectivity index (χ2n) is 10.3. The van der Waals surface area contributed by atoms with Gasteiger partial charge in [-0.15, -0.1) is 0 Å². The van der Waals surface area contributed by atoms with E-state index < -0.39 is 5.97 Å². The standard InChI is InChI=1S/C34H37N3O5/c1-24-33(36(25(2)38)22-14-6-5-13-19-32(40)35(4)28-17-11-8-12-18-28)30-23-29(42-26(3)39)20-21-31(30)37(24)34(41)27-15-9-7-10-16-27/h7-12,15-18,20-21,23H,5-6,13-14,19,22H2,1-4H3. The fourth-order valence-corrected chi connectivity index (χ4v) is 5.21. The molecular weight excluding hydrogens is 530 g/mol. The zero-order valence-corrected chi connectivity index (χ0v) is 24.6. The molecule has 1 heterocycles. The number of fused-ring (bicyclic) bond motifs is 1. The quantitative estimate of drug-likeness (QED) is 0.117. The highest BCUT2D eigenvalue weighted by Crippen LogP contribution is 2.37. The Labute approximate surface area is 246 Å². The molecule has 0 aliphatic carbocycles. The van der Waals surface area contributed by atoms with Gasteiger partial charge < -0.3 is 14.5 Å². The van der Waals surface area contributed by atoms with Gasteiger partial charge in [0.1, 0.15) is 5.75 Å². The number of benzene rings is 3. The van der Waals surface area contributed by atoms with E-state index in [2.05, 4.69) is 0 Å². The normalized spacial score (nSPS) is 10.9. The number of ether oxygens (including phenoxy) is 1. The summed E-state index contributed by atoms with van der Waals surface area (Å²) in [6, 6.07) is 23.6. The Kier molecular flexibility index (Phi) is 9.91. The van der Waals surface area contributed by atoms with Crippen molar-refractivity contribution in [3.05, 3.63) is 90.1 Å². The van der Waals surface area contributed by atoms with Crippen LogP contribution in [-0.2, 0) is 14.4 Å². The lowest BCUT2D eigenvalue weighted by Crippen LogP contribution is -2.30. The van der Waals surface area contributed by atoms with Crippen LogP contribution in [0.25, 0.3) is 10.9 Å². The zero-order valence-electron chi connectivity index (χ0n) is 24.6. The fourth-order valence-electron chi connectivity index (χ4n) is 5.21. The molecule has 8 nitrogen and oxygen atoms in total. The van der Waals surface area contributed by atoms with Gasteiger partial charge in [0.2, 0.25) is 11.8 Å². The van der Waals surface area contributed by atoms with E-state index in [1.165, 1.54) is 13.8 Å². The molecule has 0 bridgehead atoms. The second kappa shape index (κ2) is 13.8. The third kappa shape index (κ3) is 6.94. The van der Waals surface area contributed by atoms with Gasteiger partial charge in [-0.1, -0.05) is 49.2 Å². The summed E-state index contributed by atoms with van der Waals surface area (Å²) in [5.74, 6) is -0.403. The SMILES string of the molecule is CC(=O)Oc1ccc2c(c1)c(N(CCCCCCC(=O)N(C)c1ccccc1)C(C)=O)c(C)n2C(=O)c1ccccc1. The third-order valence-corrected chi connectivity index (χ3v) is 7.32. The van der Waals surface area contributed by atoms with E-state index in [1.54, 1.807) is 51.7 Å². The number of unbranched alkanes of at least 4 members (excludes halogenated alkanes) is 3. The molecule has 0 N–H and O–H groups in total. The molecule has 0 saturated carbocycles. The molecule has 42 heavy (non-hydrogen) atoms. The third-order valence-electron chi connectivity index (χ3n) is 7.32. The predicted molar refractivity (Wildman–Crippen MR) is 165 cm³/mol. The van der Waals surface area contributed by atoms with Crippen LogP contribution in [0.4, 0.5) is 11.4 Å². The number of amides is 2. The van der Waals surface area contributed by atoms with Gasteiger partial charge in [0.25, 0.3) is 5.91 Å². The molecule has 4 aromatic rings. The van der Waals surface area contributed by atoms with Crippen molar-refractivity contribution in [3.8, 4) is 5.75 Å². The number of hydrogen-bond donors (Lipinski definition) is 0. The Morgan fingerprint density at radius 3 is 2.10 bits per heavy atom. The van der Waals surface area contributed by atoms with Crippen molar-refractivity contribution in [2.45, 2.75) is 52.9 Å². The number of carbonyl (C=O) groups is 4. The van der Waals surface area contributed by atoms with Gasteiger partial charge in [0, 0.05) is 56.2 Å². The minimum atomic E-state index is -0.454. The zero-order chi connectivity index (χ0) is 30.2. The first-order valence-corrected chi connectivity index (χ1v) is 14.2. The first kappa shape index (κ1) is 30.2. The average Bonchev–Trinajstić information content (AvgIpc) is 3.26. The molecule has 0 spiro atoms. The minimum Gasteiger partial charge on any atom is -0.427 e. The maximum absolute atomic E-state index is 13.6. The summed E-state index contributed by atoms with van der Waals surface area (Å²) in [7, 11) is 1.79. The molecule has 0 atom stereocenters. The molecule has 218 valence electrons. The first-order valence-electron chi connectivity index (χ1n) is 14.2. The number of anilines is 2. The van der Waals surface area contributed by atoms with Crippen molar-refractivity contribution in [1.29, 1.82) is 0 Å². The van der Waals surface area contributed by atoms with E-state index in [0.29, 0.717) is 46.6 Å². The molecular formula is C34H37N3O5. The van der Waals surface area contributed by atoms with E-state index in [9.17, 15) is 19.2 Å². The van der Waals surface area contributed by atoms with Gasteiger partial charge in [-0.3, -0.25) is 23.7 Å². The van der Waals surface area contributed by atoms with Crippen LogP contribution in [0.5, 0.6) is 5.75 Å². The molecule has 0 fully saturated rings. The van der Waals surface area contributed by atoms with Crippen LogP contribution in [0.3, 0.4) is 0 Å². The highest BCUT2D eigenvalue weighted by molar-refractivity contribution is 6.11. The summed E-state index contributed by atoms with van der Waals surface area (Å²) in [6.45, 7) is 5.11. The fraction of sp³-hybridized carbons (Fsp3) is 0.294. The van der Waals surface area contributed by atoms with Crippen LogP contribution in [0, 0.1) is 6.92 Å². The van der Waals surface area contributed by atoms with Crippen LogP contribution >= 0.6 is 0 Å². The molecule has 4 rings (SSSR count). The van der Waals surface area contributed by atoms with Crippen molar-refractivity contribution in [1.82, 2.24) is 4.57 Å². The van der Waals surface area contributed by atoms with Gasteiger partial charge >= 0.3 is 5.97 Å². The van der Waals surface area contributed by atoms with Crippen molar-refractivity contribution in [3.63, 3.8) is 0 Å². The van der Waals surface area contributed by atoms with Crippen LogP contribution in [-0.4, -0.2) is 41.9 Å². The summed E-state index contributed by atoms with van der Waals surface area (Å²) in [5.41, 5.74) is 3.27. The average molecular weight is 568 g/mol. The predicted octanol–water partition coefficient (Wildman–Crippen LogP) is 6.53. The molecule has 0 radical (unpaired) electrons. The first-order chi connectivity index (χ1) is 20.2. The van der Waals surface area contributed by atoms with E-state index in [1.807, 2.05) is 55.5 Å². The summed E-state index contributed by atoms with van der Waals surface area (Å²) < 4.78 is 6.95. The number of hydrogen-bond acceptors (Lipinski definition) is 5. The van der Waals surface area contributed by atoms with Gasteiger partial charge in [-0.2, -0.15) is 0 Å². The number of esters is 1. The largest absolute Gasteiger partial charge is 0.427 e. The van der Waals surface area contributed by atoms with Gasteiger partial charge in [-0.25, -0.2) is 0 Å². The Morgan fingerprint density at radius 1 is 0.810 bits per heavy atom. The molecule has 1 aromatic heterocycles. The lowest BCUT2D eigenvalue weighted by molar-refractivity contribution is -0.132. The van der Waals surface area contributed by atoms with Crippen molar-refractivity contribution >= 4 is 46.0 Å². The highest BCUT2D eigenvalue weighted by atomic mass is 16.5. The van der Waals surface area contributed by atoms with Gasteiger partial charge in [0.15, 0.2) is 0 Å². The number of para-hydroxylation sites is 1. The lowest BCUT2D eigenvalue weighted by atomic mass is 10.1. The van der Waals surface area contributed by atoms with E-state index in [-0.39, 0.29) is 17.7 Å². The van der Waals surface area contributed by atoms with Crippen molar-refractivity contribution in [2.75, 3.05) is 23.4 Å². The summed E-state index contributed by atoms with van der Waals surface area (Å²) in [4.78, 5) is 54.2. The number of nitrogens with zero attached hydrogens (tertiary/aromatic N) is 3. The minimum absolute atomic E-state index is 0.0710. The molecule has 0 saturated heterocycles. The van der Waals surface area contributed by atoms with Crippen molar-refractivity contribution in [2.24, 2.45) is 0 Å². The monoisotopic (exact) mass is 567 g/mol.